The van der Waals surface area contributed by atoms with E-state index in [1.54, 1.807) is 11.8 Å². The molecule has 1 aromatic carbocycles. The van der Waals surface area contributed by atoms with Gasteiger partial charge < -0.3 is 10.5 Å². The van der Waals surface area contributed by atoms with Gasteiger partial charge in [-0.05, 0) is 25.1 Å². The number of rotatable bonds is 4. The Kier molecular flexibility index (Phi) is 4.14. The van der Waals surface area contributed by atoms with Crippen LogP contribution in [0, 0.1) is 0 Å². The Labute approximate surface area is 89.8 Å². The Morgan fingerprint density at radius 1 is 1.43 bits per heavy atom. The van der Waals surface area contributed by atoms with Crippen molar-refractivity contribution in [3.05, 3.63) is 18.2 Å². The fourth-order valence-corrected chi connectivity index (χ4v) is 2.10. The van der Waals surface area contributed by atoms with Crippen LogP contribution < -0.4 is 10.5 Å². The molecule has 0 saturated heterocycles. The molecule has 0 aliphatic heterocycles. The zero-order valence-electron chi connectivity index (χ0n) is 8.91. The van der Waals surface area contributed by atoms with E-state index < -0.39 is 0 Å². The van der Waals surface area contributed by atoms with Gasteiger partial charge in [0.05, 0.1) is 11.5 Å². The van der Waals surface area contributed by atoms with Gasteiger partial charge in [-0.2, -0.15) is 0 Å². The highest BCUT2D eigenvalue weighted by atomic mass is 32.2. The van der Waals surface area contributed by atoms with Crippen molar-refractivity contribution in [3.8, 4) is 5.75 Å². The van der Waals surface area contributed by atoms with Crippen molar-refractivity contribution >= 4 is 17.4 Å². The molecular formula is C11H17NOS. The largest absolute Gasteiger partial charge is 0.493 e. The van der Waals surface area contributed by atoms with Gasteiger partial charge in [0.15, 0.2) is 0 Å². The van der Waals surface area contributed by atoms with Crippen LogP contribution in [0.2, 0.25) is 0 Å². The minimum absolute atomic E-state index is 0.538. The fourth-order valence-electron chi connectivity index (χ4n) is 1.15. The summed E-state index contributed by atoms with van der Waals surface area (Å²) in [7, 11) is 0. The number of hydrogen-bond acceptors (Lipinski definition) is 3. The molecule has 0 aliphatic carbocycles. The molecule has 1 rings (SSSR count). The summed E-state index contributed by atoms with van der Waals surface area (Å²) in [6, 6.07) is 5.77. The molecule has 2 nitrogen and oxygen atoms in total. The summed E-state index contributed by atoms with van der Waals surface area (Å²) in [5, 5.41) is 0.538. The molecule has 0 spiro atoms. The van der Waals surface area contributed by atoms with Crippen LogP contribution in [0.15, 0.2) is 23.1 Å². The molecule has 0 unspecified atom stereocenters. The molecule has 14 heavy (non-hydrogen) atoms. The lowest BCUT2D eigenvalue weighted by atomic mass is 10.3. The van der Waals surface area contributed by atoms with Crippen molar-refractivity contribution in [2.75, 3.05) is 12.3 Å². The smallest absolute Gasteiger partial charge is 0.132 e. The van der Waals surface area contributed by atoms with Crippen LogP contribution >= 0.6 is 11.8 Å². The van der Waals surface area contributed by atoms with E-state index in [4.69, 9.17) is 10.5 Å². The third-order valence-corrected chi connectivity index (χ3v) is 2.67. The van der Waals surface area contributed by atoms with Gasteiger partial charge in [0.25, 0.3) is 0 Å². The first-order valence-electron chi connectivity index (χ1n) is 4.82. The summed E-state index contributed by atoms with van der Waals surface area (Å²) in [6.07, 6.45) is 0. The van der Waals surface area contributed by atoms with E-state index in [1.807, 2.05) is 25.1 Å². The molecule has 3 heteroatoms. The van der Waals surface area contributed by atoms with Crippen molar-refractivity contribution in [2.24, 2.45) is 0 Å². The molecule has 0 bridgehead atoms. The van der Waals surface area contributed by atoms with E-state index >= 15 is 0 Å². The molecule has 1 aromatic rings. The average Bonchev–Trinajstić information content (AvgIpc) is 2.09. The van der Waals surface area contributed by atoms with E-state index in [-0.39, 0.29) is 0 Å². The lowest BCUT2D eigenvalue weighted by Gasteiger charge is -2.12. The maximum Gasteiger partial charge on any atom is 0.132 e. The Morgan fingerprint density at radius 2 is 2.14 bits per heavy atom. The van der Waals surface area contributed by atoms with E-state index in [2.05, 4.69) is 13.8 Å². The Morgan fingerprint density at radius 3 is 2.71 bits per heavy atom. The van der Waals surface area contributed by atoms with Crippen LogP contribution in [0.5, 0.6) is 5.75 Å². The molecule has 2 N–H and O–H groups in total. The van der Waals surface area contributed by atoms with Gasteiger partial charge >= 0.3 is 0 Å². The molecule has 0 atom stereocenters. The van der Waals surface area contributed by atoms with Gasteiger partial charge in [-0.25, -0.2) is 0 Å². The van der Waals surface area contributed by atoms with Crippen molar-refractivity contribution in [1.82, 2.24) is 0 Å². The van der Waals surface area contributed by atoms with Gasteiger partial charge in [-0.1, -0.05) is 13.8 Å². The normalized spacial score (nSPS) is 10.6. The summed E-state index contributed by atoms with van der Waals surface area (Å²) in [5.74, 6) is 0.931. The third kappa shape index (κ3) is 3.14. The lowest BCUT2D eigenvalue weighted by Crippen LogP contribution is -1.96. The van der Waals surface area contributed by atoms with Gasteiger partial charge in [0.1, 0.15) is 5.75 Å². The Bertz CT molecular complexity index is 299. The summed E-state index contributed by atoms with van der Waals surface area (Å²) < 4.78 is 5.52. The third-order valence-electron chi connectivity index (χ3n) is 1.63. The van der Waals surface area contributed by atoms with Crippen LogP contribution in [-0.4, -0.2) is 11.9 Å². The molecule has 0 saturated carbocycles. The number of hydrogen-bond donors (Lipinski definition) is 1. The van der Waals surface area contributed by atoms with Crippen LogP contribution in [-0.2, 0) is 0 Å². The molecule has 0 radical (unpaired) electrons. The molecule has 0 fully saturated rings. The second-order valence-electron chi connectivity index (χ2n) is 3.31. The SMILES string of the molecule is CCOc1ccc(N)cc1SC(C)C. The van der Waals surface area contributed by atoms with Crippen LogP contribution in [0.3, 0.4) is 0 Å². The topological polar surface area (TPSA) is 35.2 Å². The maximum absolute atomic E-state index is 5.73. The second-order valence-corrected chi connectivity index (χ2v) is 4.92. The highest BCUT2D eigenvalue weighted by Gasteiger charge is 2.06. The monoisotopic (exact) mass is 211 g/mol. The fraction of sp³-hybridized carbons (Fsp3) is 0.455. The van der Waals surface area contributed by atoms with Crippen molar-refractivity contribution < 1.29 is 4.74 Å². The second kappa shape index (κ2) is 5.15. The highest BCUT2D eigenvalue weighted by Crippen LogP contribution is 2.33. The van der Waals surface area contributed by atoms with Crippen LogP contribution in [0.1, 0.15) is 20.8 Å². The molecule has 0 heterocycles. The minimum atomic E-state index is 0.538. The van der Waals surface area contributed by atoms with Gasteiger partial charge in [-0.15, -0.1) is 11.8 Å². The summed E-state index contributed by atoms with van der Waals surface area (Å²) in [4.78, 5) is 1.13. The summed E-state index contributed by atoms with van der Waals surface area (Å²) in [5.41, 5.74) is 6.52. The molecular weight excluding hydrogens is 194 g/mol. The maximum atomic E-state index is 5.73. The van der Waals surface area contributed by atoms with Crippen molar-refractivity contribution in [3.63, 3.8) is 0 Å². The van der Waals surface area contributed by atoms with Gasteiger partial charge in [-0.3, -0.25) is 0 Å². The van der Waals surface area contributed by atoms with E-state index in [9.17, 15) is 0 Å². The minimum Gasteiger partial charge on any atom is -0.493 e. The lowest BCUT2D eigenvalue weighted by molar-refractivity contribution is 0.332. The molecule has 0 aliphatic rings. The zero-order chi connectivity index (χ0) is 10.6. The predicted octanol–water partition coefficient (Wildman–Crippen LogP) is 3.17. The number of nitrogens with two attached hydrogens (primary N) is 1. The van der Waals surface area contributed by atoms with Crippen LogP contribution in [0.25, 0.3) is 0 Å². The molecule has 78 valence electrons. The Hall–Kier alpha value is -0.830. The van der Waals surface area contributed by atoms with E-state index in [0.717, 1.165) is 16.3 Å². The first kappa shape index (κ1) is 11.2. The van der Waals surface area contributed by atoms with E-state index in [0.29, 0.717) is 11.9 Å². The van der Waals surface area contributed by atoms with Gasteiger partial charge in [0, 0.05) is 10.9 Å². The standard InChI is InChI=1S/C11H17NOS/c1-4-13-10-6-5-9(12)7-11(10)14-8(2)3/h5-8H,4,12H2,1-3H3. The molecule has 0 amide bonds. The number of nitrogen functional groups attached to an aromatic ring is 1. The summed E-state index contributed by atoms with van der Waals surface area (Å²) in [6.45, 7) is 6.99. The first-order valence-corrected chi connectivity index (χ1v) is 5.70. The summed E-state index contributed by atoms with van der Waals surface area (Å²) >= 11 is 1.77. The predicted molar refractivity (Wildman–Crippen MR) is 63.0 cm³/mol. The number of benzene rings is 1. The first-order chi connectivity index (χ1) is 6.63. The van der Waals surface area contributed by atoms with Gasteiger partial charge in [0.2, 0.25) is 0 Å². The highest BCUT2D eigenvalue weighted by molar-refractivity contribution is 8.00. The number of ether oxygens (including phenoxy) is 1. The van der Waals surface area contributed by atoms with E-state index in [1.165, 1.54) is 0 Å². The zero-order valence-corrected chi connectivity index (χ0v) is 9.73. The number of thioether (sulfide) groups is 1. The number of anilines is 1. The Balaban J connectivity index is 2.90. The van der Waals surface area contributed by atoms with Crippen molar-refractivity contribution in [1.29, 1.82) is 0 Å². The quantitative estimate of drug-likeness (QED) is 0.613. The molecule has 0 aromatic heterocycles. The average molecular weight is 211 g/mol. The van der Waals surface area contributed by atoms with Crippen LogP contribution in [0.4, 0.5) is 5.69 Å². The van der Waals surface area contributed by atoms with Crippen molar-refractivity contribution in [2.45, 2.75) is 30.9 Å².